The fraction of sp³-hybridized carbons (Fsp3) is 0.0612. The van der Waals surface area contributed by atoms with Crippen LogP contribution in [-0.2, 0) is 5.41 Å². The average Bonchev–Trinajstić information content (AvgIpc) is 3.73. The summed E-state index contributed by atoms with van der Waals surface area (Å²) in [6.07, 6.45) is 0. The van der Waals surface area contributed by atoms with Crippen LogP contribution < -0.4 is 0 Å². The highest BCUT2D eigenvalue weighted by Crippen LogP contribution is 2.51. The first-order chi connectivity index (χ1) is 26.5. The van der Waals surface area contributed by atoms with Crippen LogP contribution in [0.25, 0.3) is 84.5 Å². The lowest BCUT2D eigenvalue weighted by Gasteiger charge is -2.22. The van der Waals surface area contributed by atoms with Crippen molar-refractivity contribution in [2.24, 2.45) is 0 Å². The molecule has 0 bridgehead atoms. The number of hydrogen-bond acceptors (Lipinski definition) is 4. The Bertz CT molecular complexity index is 2780. The summed E-state index contributed by atoms with van der Waals surface area (Å²) in [6.45, 7) is 4.67. The quantitative estimate of drug-likeness (QED) is 0.174. The molecule has 2 aromatic heterocycles. The van der Waals surface area contributed by atoms with Crippen LogP contribution in [0.15, 0.2) is 176 Å². The molecular weight excluding hydrogens is 659 g/mol. The molecule has 7 aromatic carbocycles. The normalized spacial score (nSPS) is 12.8. The van der Waals surface area contributed by atoms with Crippen molar-refractivity contribution in [3.05, 3.63) is 187 Å². The van der Waals surface area contributed by atoms with E-state index in [4.69, 9.17) is 19.9 Å². The van der Waals surface area contributed by atoms with Crippen LogP contribution in [0.3, 0.4) is 0 Å². The van der Waals surface area contributed by atoms with E-state index in [9.17, 15) is 0 Å². The number of aromatic nitrogens is 5. The van der Waals surface area contributed by atoms with Gasteiger partial charge in [0.2, 0.25) is 0 Å². The fourth-order valence-corrected chi connectivity index (χ4v) is 7.89. The minimum atomic E-state index is -0.221. The van der Waals surface area contributed by atoms with Gasteiger partial charge in [-0.2, -0.15) is 0 Å². The van der Waals surface area contributed by atoms with Crippen molar-refractivity contribution >= 4 is 11.0 Å². The van der Waals surface area contributed by atoms with Crippen LogP contribution in [0.4, 0.5) is 0 Å². The Labute approximate surface area is 314 Å². The Morgan fingerprint density at radius 3 is 1.52 bits per heavy atom. The smallest absolute Gasteiger partial charge is 0.164 e. The molecule has 1 aliphatic carbocycles. The molecule has 256 valence electrons. The zero-order valence-corrected chi connectivity index (χ0v) is 30.0. The van der Waals surface area contributed by atoms with Gasteiger partial charge in [0.15, 0.2) is 17.5 Å². The maximum Gasteiger partial charge on any atom is 0.164 e. The van der Waals surface area contributed by atoms with Crippen LogP contribution >= 0.6 is 0 Å². The van der Waals surface area contributed by atoms with E-state index in [-0.39, 0.29) is 5.41 Å². The third-order valence-corrected chi connectivity index (χ3v) is 10.7. The first-order valence-corrected chi connectivity index (χ1v) is 18.3. The number of rotatable bonds is 6. The van der Waals surface area contributed by atoms with Gasteiger partial charge in [-0.25, -0.2) is 19.9 Å². The van der Waals surface area contributed by atoms with Crippen LogP contribution in [-0.4, -0.2) is 24.5 Å². The zero-order valence-electron chi connectivity index (χ0n) is 30.0. The minimum Gasteiger partial charge on any atom is -0.292 e. The molecule has 0 amide bonds. The predicted octanol–water partition coefficient (Wildman–Crippen LogP) is 11.9. The highest BCUT2D eigenvalue weighted by Gasteiger charge is 2.36. The van der Waals surface area contributed by atoms with Crippen LogP contribution in [0.2, 0.25) is 0 Å². The fourth-order valence-electron chi connectivity index (χ4n) is 7.89. The van der Waals surface area contributed by atoms with Crippen molar-refractivity contribution in [1.29, 1.82) is 0 Å². The molecule has 5 nitrogen and oxygen atoms in total. The van der Waals surface area contributed by atoms with Crippen LogP contribution in [0, 0.1) is 0 Å². The molecule has 0 spiro atoms. The Kier molecular flexibility index (Phi) is 7.41. The van der Waals surface area contributed by atoms with Gasteiger partial charge in [-0.3, -0.25) is 4.57 Å². The molecule has 5 heteroatoms. The van der Waals surface area contributed by atoms with Gasteiger partial charge in [-0.05, 0) is 75.8 Å². The largest absolute Gasteiger partial charge is 0.292 e. The summed E-state index contributed by atoms with van der Waals surface area (Å²) < 4.78 is 2.27. The van der Waals surface area contributed by atoms with E-state index >= 15 is 0 Å². The summed E-state index contributed by atoms with van der Waals surface area (Å²) in [5.74, 6) is 2.90. The van der Waals surface area contributed by atoms with E-state index in [2.05, 4.69) is 134 Å². The molecule has 0 aliphatic heterocycles. The predicted molar refractivity (Wildman–Crippen MR) is 219 cm³/mol. The van der Waals surface area contributed by atoms with E-state index in [0.717, 1.165) is 55.9 Å². The van der Waals surface area contributed by atoms with Crippen molar-refractivity contribution in [3.8, 4) is 73.5 Å². The second-order valence-electron chi connectivity index (χ2n) is 14.4. The van der Waals surface area contributed by atoms with Gasteiger partial charge in [-0.15, -0.1) is 0 Å². The summed E-state index contributed by atoms with van der Waals surface area (Å²) in [6, 6.07) is 61.4. The molecule has 0 N–H and O–H groups in total. The molecule has 2 heterocycles. The highest BCUT2D eigenvalue weighted by atomic mass is 15.1. The Morgan fingerprint density at radius 2 is 0.870 bits per heavy atom. The molecule has 1 aliphatic rings. The molecule has 54 heavy (non-hydrogen) atoms. The number of hydrogen-bond donors (Lipinski definition) is 0. The maximum atomic E-state index is 5.16. The number of imidazole rings is 1. The van der Waals surface area contributed by atoms with Gasteiger partial charge >= 0.3 is 0 Å². The zero-order chi connectivity index (χ0) is 36.2. The number of fused-ring (bicyclic) bond motifs is 4. The highest BCUT2D eigenvalue weighted by molar-refractivity contribution is 5.88. The minimum absolute atomic E-state index is 0.221. The van der Waals surface area contributed by atoms with Crippen molar-refractivity contribution in [1.82, 2.24) is 24.5 Å². The average molecular weight is 694 g/mol. The van der Waals surface area contributed by atoms with E-state index < -0.39 is 0 Å². The second-order valence-corrected chi connectivity index (χ2v) is 14.4. The monoisotopic (exact) mass is 693 g/mol. The summed E-state index contributed by atoms with van der Waals surface area (Å²) in [5, 5.41) is 0. The van der Waals surface area contributed by atoms with Gasteiger partial charge < -0.3 is 0 Å². The molecule has 0 radical (unpaired) electrons. The van der Waals surface area contributed by atoms with E-state index in [1.54, 1.807) is 0 Å². The Hall–Kier alpha value is -6.98. The summed E-state index contributed by atoms with van der Waals surface area (Å²) in [4.78, 5) is 20.0. The third kappa shape index (κ3) is 5.32. The van der Waals surface area contributed by atoms with Crippen molar-refractivity contribution in [2.75, 3.05) is 0 Å². The summed E-state index contributed by atoms with van der Waals surface area (Å²) in [7, 11) is 0. The molecular formula is C49H35N5. The molecule has 9 aromatic rings. The lowest BCUT2D eigenvalue weighted by atomic mass is 9.81. The first kappa shape index (κ1) is 31.7. The Balaban J connectivity index is 1.04. The lowest BCUT2D eigenvalue weighted by Crippen LogP contribution is -2.15. The molecule has 0 saturated carbocycles. The standard InChI is InChI=1S/C49H35N5/c1-49(2)41-30-35(34-19-14-20-36(29-34)47-52-45(32-15-6-3-7-16-32)51-46(53-47)33-17-8-4-9-18-33)25-27-39(41)40-28-26-37(31-42(40)49)48-50-43-23-12-13-24-44(43)54(48)38-21-10-5-11-22-38/h3-31H,1-2H3. The third-order valence-electron chi connectivity index (χ3n) is 10.7. The molecule has 0 unspecified atom stereocenters. The van der Waals surface area contributed by atoms with Crippen molar-refractivity contribution < 1.29 is 0 Å². The molecule has 0 saturated heterocycles. The van der Waals surface area contributed by atoms with Gasteiger partial charge in [0.1, 0.15) is 5.82 Å². The van der Waals surface area contributed by atoms with E-state index in [1.807, 2.05) is 60.7 Å². The SMILES string of the molecule is CC1(C)c2cc(-c3cccc(-c4nc(-c5ccccc5)nc(-c5ccccc5)n4)c3)ccc2-c2ccc(-c3nc4ccccc4n3-c3ccccc3)cc21. The molecule has 0 atom stereocenters. The number of benzene rings is 7. The summed E-state index contributed by atoms with van der Waals surface area (Å²) in [5.41, 5.74) is 14.3. The molecule has 0 fully saturated rings. The van der Waals surface area contributed by atoms with Gasteiger partial charge in [0.05, 0.1) is 11.0 Å². The van der Waals surface area contributed by atoms with Crippen molar-refractivity contribution in [2.45, 2.75) is 19.3 Å². The summed E-state index contributed by atoms with van der Waals surface area (Å²) >= 11 is 0. The van der Waals surface area contributed by atoms with Gasteiger partial charge in [0.25, 0.3) is 0 Å². The number of nitrogens with zero attached hydrogens (tertiary/aromatic N) is 5. The van der Waals surface area contributed by atoms with Crippen molar-refractivity contribution in [3.63, 3.8) is 0 Å². The van der Waals surface area contributed by atoms with E-state index in [1.165, 1.54) is 22.3 Å². The second kappa shape index (κ2) is 12.6. The topological polar surface area (TPSA) is 56.5 Å². The van der Waals surface area contributed by atoms with Gasteiger partial charge in [-0.1, -0.05) is 147 Å². The van der Waals surface area contributed by atoms with Gasteiger partial charge in [0, 0.05) is 33.4 Å². The number of para-hydroxylation sites is 3. The van der Waals surface area contributed by atoms with Crippen LogP contribution in [0.1, 0.15) is 25.0 Å². The van der Waals surface area contributed by atoms with E-state index in [0.29, 0.717) is 17.5 Å². The lowest BCUT2D eigenvalue weighted by molar-refractivity contribution is 0.660. The van der Waals surface area contributed by atoms with Crippen LogP contribution in [0.5, 0.6) is 0 Å². The Morgan fingerprint density at radius 1 is 0.389 bits per heavy atom. The maximum absolute atomic E-state index is 5.16. The molecule has 10 rings (SSSR count). The first-order valence-electron chi connectivity index (χ1n) is 18.3.